The molecule has 0 spiro atoms. The number of hydrogen-bond acceptors (Lipinski definition) is 15. The number of rotatable bonds is 24. The van der Waals surface area contributed by atoms with Crippen molar-refractivity contribution in [1.29, 1.82) is 5.41 Å². The summed E-state index contributed by atoms with van der Waals surface area (Å²) in [6.07, 6.45) is 2.57. The predicted molar refractivity (Wildman–Crippen MR) is 241 cm³/mol. The van der Waals surface area contributed by atoms with Gasteiger partial charge in [-0.1, -0.05) is 36.4 Å². The van der Waals surface area contributed by atoms with E-state index in [-0.39, 0.29) is 118 Å². The van der Waals surface area contributed by atoms with Gasteiger partial charge in [-0.25, -0.2) is 0 Å². The van der Waals surface area contributed by atoms with E-state index in [1.807, 2.05) is 24.3 Å². The zero-order valence-electron chi connectivity index (χ0n) is 37.3. The molecule has 3 aromatic carbocycles. The fraction of sp³-hybridized carbons (Fsp3) is 0.383. The molecule has 2 unspecified atom stereocenters. The second kappa shape index (κ2) is 23.8. The number of phenolic OH excluding ortho intramolecular Hbond substituents is 1. The lowest BCUT2D eigenvalue weighted by molar-refractivity contribution is -0.136. The van der Waals surface area contributed by atoms with Crippen LogP contribution in [0.2, 0.25) is 0 Å². The van der Waals surface area contributed by atoms with Gasteiger partial charge in [-0.05, 0) is 54.7 Å². The summed E-state index contributed by atoms with van der Waals surface area (Å²) in [7, 11) is 1.50. The highest BCUT2D eigenvalue weighted by molar-refractivity contribution is 6.43. The summed E-state index contributed by atoms with van der Waals surface area (Å²) >= 11 is 0. The second-order valence-electron chi connectivity index (χ2n) is 15.9. The number of hydrogen-bond donors (Lipinski definition) is 7. The molecule has 1 aliphatic carbocycles. The molecule has 8 amide bonds. The topological polar surface area (TPSA) is 292 Å². The first kappa shape index (κ1) is 49.9. The molecule has 3 aliphatic rings. The smallest absolute Gasteiger partial charge is 0.269 e. The number of phenols is 1. The number of imide groups is 2. The minimum Gasteiger partial charge on any atom is -0.507 e. The van der Waals surface area contributed by atoms with E-state index in [0.29, 0.717) is 6.42 Å². The molecular weight excluding hydrogens is 887 g/mol. The number of ether oxygens (including phenoxy) is 4. The largest absolute Gasteiger partial charge is 0.507 e. The molecule has 68 heavy (non-hydrogen) atoms. The van der Waals surface area contributed by atoms with Gasteiger partial charge >= 0.3 is 0 Å². The number of benzene rings is 3. The van der Waals surface area contributed by atoms with Crippen LogP contribution in [0, 0.1) is 5.41 Å². The number of aromatic hydroxyl groups is 1. The third-order valence-electron chi connectivity index (χ3n) is 11.2. The van der Waals surface area contributed by atoms with E-state index in [4.69, 9.17) is 24.4 Å². The number of carbonyl (C=O) groups is 8. The van der Waals surface area contributed by atoms with Crippen molar-refractivity contribution in [2.24, 2.45) is 0 Å². The number of aliphatic hydroxyl groups excluding tert-OH is 1. The SMILES string of the molecule is CN(CCNC(=O)CCOCCOCCOCCNC(=O)COc1cccc2c1C(=O)N(C1CCC(=O)NC1=O)C2=O)C(=O)c1ccc(/C(O)=C/C(=N)C(=O)NC2CCc3ccccc32)cc1O. The zero-order valence-corrected chi connectivity index (χ0v) is 37.3. The van der Waals surface area contributed by atoms with Crippen LogP contribution in [-0.4, -0.2) is 152 Å². The lowest BCUT2D eigenvalue weighted by atomic mass is 10.0. The van der Waals surface area contributed by atoms with Crippen molar-refractivity contribution in [3.8, 4) is 11.5 Å². The third kappa shape index (κ3) is 12.9. The molecule has 0 aromatic heterocycles. The van der Waals surface area contributed by atoms with Crippen LogP contribution in [0.5, 0.6) is 11.5 Å². The molecule has 2 atom stereocenters. The quantitative estimate of drug-likeness (QED) is 0.0289. The van der Waals surface area contributed by atoms with E-state index < -0.39 is 71.2 Å². The number of aryl methyl sites for hydroxylation is 1. The number of fused-ring (bicyclic) bond motifs is 2. The van der Waals surface area contributed by atoms with Crippen molar-refractivity contribution in [2.75, 3.05) is 72.9 Å². The van der Waals surface area contributed by atoms with Crippen LogP contribution in [0.25, 0.3) is 5.76 Å². The molecule has 0 radical (unpaired) electrons. The van der Waals surface area contributed by atoms with E-state index in [1.54, 1.807) is 0 Å². The van der Waals surface area contributed by atoms with Crippen molar-refractivity contribution in [1.82, 2.24) is 31.1 Å². The average molecular weight is 940 g/mol. The van der Waals surface area contributed by atoms with Crippen molar-refractivity contribution in [3.05, 3.63) is 100 Å². The summed E-state index contributed by atoms with van der Waals surface area (Å²) in [5, 5.41) is 39.6. The van der Waals surface area contributed by atoms with Gasteiger partial charge < -0.3 is 50.0 Å². The van der Waals surface area contributed by atoms with Crippen molar-refractivity contribution < 1.29 is 67.5 Å². The first-order valence-electron chi connectivity index (χ1n) is 21.9. The van der Waals surface area contributed by atoms with Crippen molar-refractivity contribution in [2.45, 2.75) is 44.2 Å². The molecule has 2 aliphatic heterocycles. The van der Waals surface area contributed by atoms with Gasteiger partial charge in [-0.2, -0.15) is 0 Å². The van der Waals surface area contributed by atoms with Crippen LogP contribution in [0.4, 0.5) is 0 Å². The Hall–Kier alpha value is -7.49. The Labute approximate surface area is 390 Å². The molecule has 1 fully saturated rings. The Morgan fingerprint density at radius 1 is 0.853 bits per heavy atom. The monoisotopic (exact) mass is 939 g/mol. The average Bonchev–Trinajstić information content (AvgIpc) is 3.84. The summed E-state index contributed by atoms with van der Waals surface area (Å²) in [5.74, 6) is -5.48. The van der Waals surface area contributed by atoms with Crippen molar-refractivity contribution >= 4 is 58.7 Å². The minimum absolute atomic E-state index is 0.00849. The van der Waals surface area contributed by atoms with E-state index in [9.17, 15) is 48.6 Å². The molecule has 0 bridgehead atoms. The first-order chi connectivity index (χ1) is 32.7. The number of likely N-dealkylation sites (N-methyl/N-ethyl adjacent to an activating group) is 1. The van der Waals surface area contributed by atoms with Gasteiger partial charge in [-0.3, -0.25) is 54.0 Å². The number of nitrogens with one attached hydrogen (secondary N) is 5. The normalized spacial score (nSPS) is 16.4. The van der Waals surface area contributed by atoms with Crippen LogP contribution in [0.3, 0.4) is 0 Å². The lowest BCUT2D eigenvalue weighted by Crippen LogP contribution is -2.54. The van der Waals surface area contributed by atoms with Gasteiger partial charge in [0.2, 0.25) is 17.7 Å². The maximum absolute atomic E-state index is 13.2. The molecular formula is C47H53N7O14. The Bertz CT molecular complexity index is 2470. The highest BCUT2D eigenvalue weighted by atomic mass is 16.5. The lowest BCUT2D eigenvalue weighted by Gasteiger charge is -2.27. The summed E-state index contributed by atoms with van der Waals surface area (Å²) in [4.78, 5) is 102. The van der Waals surface area contributed by atoms with Crippen LogP contribution in [0.1, 0.15) is 79.5 Å². The van der Waals surface area contributed by atoms with E-state index in [0.717, 1.165) is 34.6 Å². The van der Waals surface area contributed by atoms with Crippen LogP contribution < -0.4 is 26.0 Å². The zero-order chi connectivity index (χ0) is 48.7. The summed E-state index contributed by atoms with van der Waals surface area (Å²) in [6, 6.07) is 14.6. The molecule has 0 saturated carbocycles. The van der Waals surface area contributed by atoms with E-state index in [2.05, 4.69) is 21.3 Å². The fourth-order valence-corrected chi connectivity index (χ4v) is 7.63. The molecule has 3 aromatic rings. The molecule has 1 saturated heterocycles. The Morgan fingerprint density at radius 2 is 1.57 bits per heavy atom. The fourth-order valence-electron chi connectivity index (χ4n) is 7.63. The number of carbonyl (C=O) groups excluding carboxylic acids is 8. The summed E-state index contributed by atoms with van der Waals surface area (Å²) < 4.78 is 21.9. The first-order valence-corrected chi connectivity index (χ1v) is 21.9. The van der Waals surface area contributed by atoms with Crippen LogP contribution >= 0.6 is 0 Å². The van der Waals surface area contributed by atoms with Gasteiger partial charge in [0.1, 0.15) is 29.0 Å². The van der Waals surface area contributed by atoms with Gasteiger partial charge in [0.05, 0.1) is 62.4 Å². The maximum Gasteiger partial charge on any atom is 0.269 e. The van der Waals surface area contributed by atoms with Gasteiger partial charge in [0.15, 0.2) is 6.61 Å². The highest BCUT2D eigenvalue weighted by Gasteiger charge is 2.46. The third-order valence-corrected chi connectivity index (χ3v) is 11.2. The minimum atomic E-state index is -1.13. The predicted octanol–water partition coefficient (Wildman–Crippen LogP) is 1.34. The Kier molecular flexibility index (Phi) is 17.5. The Morgan fingerprint density at radius 3 is 2.32 bits per heavy atom. The number of amides is 8. The molecule has 2 heterocycles. The van der Waals surface area contributed by atoms with Gasteiger partial charge in [0, 0.05) is 51.2 Å². The van der Waals surface area contributed by atoms with E-state index >= 15 is 0 Å². The second-order valence-corrected chi connectivity index (χ2v) is 15.9. The summed E-state index contributed by atoms with van der Waals surface area (Å²) in [5.41, 5.74) is 1.70. The standard InChI is InChI=1S/C47H53N7O14/c1-53(45(62)31-11-9-29(25-37(31)56)36(55)26-33(48)43(60)51-34-12-10-28-5-2-3-6-30(28)34)18-16-49-39(57)15-19-65-21-23-67-24-22-66-20-17-50-41(59)27-68-38-8-4-7-32-42(38)47(64)54(46(32)63)35-13-14-40(58)52-44(35)61/h2-9,11,25-26,34-35,48,55-56H,10,12-24,27H2,1H3,(H,49,57)(H,50,59)(H,51,60)(H,52,58,61)/b36-26-,48-33?. The Balaban J connectivity index is 0.766. The number of nitrogens with zero attached hydrogens (tertiary/aromatic N) is 2. The van der Waals surface area contributed by atoms with E-state index in [1.165, 1.54) is 42.3 Å². The van der Waals surface area contributed by atoms with Crippen molar-refractivity contribution in [3.63, 3.8) is 0 Å². The molecule has 360 valence electrons. The molecule has 21 nitrogen and oxygen atoms in total. The van der Waals surface area contributed by atoms with Crippen LogP contribution in [0.15, 0.2) is 66.7 Å². The molecule has 7 N–H and O–H groups in total. The van der Waals surface area contributed by atoms with Crippen LogP contribution in [-0.2, 0) is 44.6 Å². The maximum atomic E-state index is 13.2. The van der Waals surface area contributed by atoms with Gasteiger partial charge in [-0.15, -0.1) is 0 Å². The number of aliphatic hydroxyl groups is 1. The molecule has 6 rings (SSSR count). The molecule has 21 heteroatoms. The summed E-state index contributed by atoms with van der Waals surface area (Å²) in [6.45, 7) is 1.23. The highest BCUT2D eigenvalue weighted by Crippen LogP contribution is 2.34. The number of piperidine rings is 1. The van der Waals surface area contributed by atoms with Gasteiger partial charge in [0.25, 0.3) is 29.5 Å².